The van der Waals surface area contributed by atoms with Gasteiger partial charge in [-0.1, -0.05) is 30.3 Å². The van der Waals surface area contributed by atoms with Crippen molar-refractivity contribution in [3.63, 3.8) is 0 Å². The summed E-state index contributed by atoms with van der Waals surface area (Å²) < 4.78 is 28.0. The molecule has 0 saturated carbocycles. The Bertz CT molecular complexity index is 1300. The second-order valence-electron chi connectivity index (χ2n) is 8.30. The van der Waals surface area contributed by atoms with Crippen LogP contribution in [0.15, 0.2) is 77.7 Å². The van der Waals surface area contributed by atoms with E-state index in [1.165, 1.54) is 24.3 Å². The van der Waals surface area contributed by atoms with Crippen molar-refractivity contribution in [2.24, 2.45) is 0 Å². The number of anilines is 2. The highest BCUT2D eigenvalue weighted by atomic mass is 32.2. The maximum Gasteiger partial charge on any atom is 0.261 e. The first-order valence-electron chi connectivity index (χ1n) is 11.2. The molecule has 2 N–H and O–H groups in total. The van der Waals surface area contributed by atoms with Crippen LogP contribution >= 0.6 is 0 Å². The summed E-state index contributed by atoms with van der Waals surface area (Å²) in [6.45, 7) is 2.83. The number of rotatable bonds is 7. The summed E-state index contributed by atoms with van der Waals surface area (Å²) in [5, 5.41) is 2.85. The van der Waals surface area contributed by atoms with Crippen LogP contribution in [0, 0.1) is 6.92 Å². The highest BCUT2D eigenvalue weighted by Gasteiger charge is 2.20. The molecular weight excluding hydrogens is 450 g/mol. The van der Waals surface area contributed by atoms with E-state index >= 15 is 0 Å². The minimum Gasteiger partial charge on any atom is -0.348 e. The number of aryl methyl sites for hydroxylation is 1. The van der Waals surface area contributed by atoms with Gasteiger partial charge in [0.1, 0.15) is 0 Å². The standard InChI is InChI=1S/C26H27N3O4S/c1-19-7-2-3-10-24(19)28-34(32,33)23-14-12-21(13-15-23)26(31)27-18-20-8-6-9-22(17-20)29-16-5-4-11-25(29)30/h2-3,6-10,12-15,17,28H,4-5,11,16,18H2,1H3,(H,27,31). The molecule has 1 aliphatic rings. The third-order valence-corrected chi connectivity index (χ3v) is 7.20. The van der Waals surface area contributed by atoms with Gasteiger partial charge in [-0.25, -0.2) is 8.42 Å². The van der Waals surface area contributed by atoms with E-state index in [1.54, 1.807) is 17.0 Å². The van der Waals surface area contributed by atoms with E-state index in [1.807, 2.05) is 43.3 Å². The minimum absolute atomic E-state index is 0.0752. The van der Waals surface area contributed by atoms with Crippen molar-refractivity contribution in [3.05, 3.63) is 89.5 Å². The van der Waals surface area contributed by atoms with Crippen molar-refractivity contribution in [1.82, 2.24) is 5.32 Å². The maximum atomic E-state index is 12.7. The summed E-state index contributed by atoms with van der Waals surface area (Å²) in [6, 6.07) is 20.5. The molecule has 0 aliphatic carbocycles. The van der Waals surface area contributed by atoms with E-state index in [9.17, 15) is 18.0 Å². The number of carbonyl (C=O) groups excluding carboxylic acids is 2. The molecule has 1 fully saturated rings. The van der Waals surface area contributed by atoms with Crippen molar-refractivity contribution in [2.75, 3.05) is 16.2 Å². The van der Waals surface area contributed by atoms with Gasteiger partial charge < -0.3 is 10.2 Å². The Morgan fingerprint density at radius 2 is 1.74 bits per heavy atom. The van der Waals surface area contributed by atoms with E-state index in [2.05, 4.69) is 10.0 Å². The Morgan fingerprint density at radius 1 is 0.971 bits per heavy atom. The predicted molar refractivity (Wildman–Crippen MR) is 132 cm³/mol. The van der Waals surface area contributed by atoms with Gasteiger partial charge in [-0.15, -0.1) is 0 Å². The largest absolute Gasteiger partial charge is 0.348 e. The number of sulfonamides is 1. The van der Waals surface area contributed by atoms with Gasteiger partial charge in [-0.05, 0) is 73.4 Å². The van der Waals surface area contributed by atoms with Crippen LogP contribution in [0.1, 0.15) is 40.7 Å². The molecule has 1 aliphatic heterocycles. The van der Waals surface area contributed by atoms with Crippen molar-refractivity contribution >= 4 is 33.2 Å². The van der Waals surface area contributed by atoms with Gasteiger partial charge in [-0.2, -0.15) is 0 Å². The van der Waals surface area contributed by atoms with Gasteiger partial charge in [0.2, 0.25) is 5.91 Å². The second kappa shape index (κ2) is 10.1. The molecular formula is C26H27N3O4S. The van der Waals surface area contributed by atoms with Gasteiger partial charge in [0, 0.05) is 30.8 Å². The minimum atomic E-state index is -3.77. The van der Waals surface area contributed by atoms with Crippen molar-refractivity contribution < 1.29 is 18.0 Å². The summed E-state index contributed by atoms with van der Waals surface area (Å²) in [6.07, 6.45) is 2.47. The fraction of sp³-hybridized carbons (Fsp3) is 0.231. The van der Waals surface area contributed by atoms with Crippen molar-refractivity contribution in [2.45, 2.75) is 37.6 Å². The lowest BCUT2D eigenvalue weighted by molar-refractivity contribution is -0.119. The summed E-state index contributed by atoms with van der Waals surface area (Å²) in [4.78, 5) is 26.7. The molecule has 2 amide bonds. The van der Waals surface area contributed by atoms with Crippen LogP contribution in [-0.2, 0) is 21.4 Å². The van der Waals surface area contributed by atoms with E-state index in [0.717, 1.165) is 29.7 Å². The highest BCUT2D eigenvalue weighted by molar-refractivity contribution is 7.92. The summed E-state index contributed by atoms with van der Waals surface area (Å²) in [7, 11) is -3.77. The zero-order valence-corrected chi connectivity index (χ0v) is 19.8. The number of benzene rings is 3. The Kier molecular flexibility index (Phi) is 6.98. The van der Waals surface area contributed by atoms with Gasteiger partial charge in [0.25, 0.3) is 15.9 Å². The van der Waals surface area contributed by atoms with E-state index in [4.69, 9.17) is 0 Å². The molecule has 0 unspecified atom stereocenters. The van der Waals surface area contributed by atoms with Gasteiger partial charge in [-0.3, -0.25) is 14.3 Å². The Morgan fingerprint density at radius 3 is 2.47 bits per heavy atom. The molecule has 34 heavy (non-hydrogen) atoms. The first kappa shape index (κ1) is 23.5. The number of hydrogen-bond donors (Lipinski definition) is 2. The van der Waals surface area contributed by atoms with Gasteiger partial charge in [0.05, 0.1) is 10.6 Å². The predicted octanol–water partition coefficient (Wildman–Crippen LogP) is 4.24. The number of carbonyl (C=O) groups is 2. The fourth-order valence-electron chi connectivity index (χ4n) is 3.87. The van der Waals surface area contributed by atoms with Gasteiger partial charge in [0.15, 0.2) is 0 Å². The molecule has 0 atom stereocenters. The SMILES string of the molecule is Cc1ccccc1NS(=O)(=O)c1ccc(C(=O)NCc2cccc(N3CCCCC3=O)c2)cc1. The zero-order chi connectivity index (χ0) is 24.1. The number of amides is 2. The smallest absolute Gasteiger partial charge is 0.261 e. The number of hydrogen-bond acceptors (Lipinski definition) is 4. The van der Waals surface area contributed by atoms with Crippen molar-refractivity contribution in [1.29, 1.82) is 0 Å². The summed E-state index contributed by atoms with van der Waals surface area (Å²) in [5.74, 6) is -0.186. The third-order valence-electron chi connectivity index (χ3n) is 5.81. The van der Waals surface area contributed by atoms with E-state index in [0.29, 0.717) is 30.8 Å². The molecule has 1 heterocycles. The molecule has 176 valence electrons. The monoisotopic (exact) mass is 477 g/mol. The lowest BCUT2D eigenvalue weighted by Crippen LogP contribution is -2.35. The molecule has 0 radical (unpaired) electrons. The lowest BCUT2D eigenvalue weighted by Gasteiger charge is -2.27. The molecule has 0 spiro atoms. The van der Waals surface area contributed by atoms with Crippen LogP contribution in [0.2, 0.25) is 0 Å². The topological polar surface area (TPSA) is 95.6 Å². The first-order chi connectivity index (χ1) is 16.3. The fourth-order valence-corrected chi connectivity index (χ4v) is 5.00. The van der Waals surface area contributed by atoms with Crippen LogP contribution in [0.4, 0.5) is 11.4 Å². The van der Waals surface area contributed by atoms with Crippen LogP contribution in [0.3, 0.4) is 0 Å². The molecule has 3 aromatic carbocycles. The Hall–Kier alpha value is -3.65. The average molecular weight is 478 g/mol. The Labute approximate surface area is 199 Å². The number of para-hydroxylation sites is 1. The zero-order valence-electron chi connectivity index (χ0n) is 19.0. The van der Waals surface area contributed by atoms with Crippen LogP contribution < -0.4 is 14.9 Å². The molecule has 0 bridgehead atoms. The van der Waals surface area contributed by atoms with E-state index in [-0.39, 0.29) is 16.7 Å². The maximum absolute atomic E-state index is 12.7. The normalized spacial score (nSPS) is 14.0. The lowest BCUT2D eigenvalue weighted by atomic mass is 10.1. The van der Waals surface area contributed by atoms with Crippen LogP contribution in [-0.4, -0.2) is 26.8 Å². The van der Waals surface area contributed by atoms with Crippen LogP contribution in [0.25, 0.3) is 0 Å². The number of piperidine rings is 1. The summed E-state index contributed by atoms with van der Waals surface area (Å²) >= 11 is 0. The first-order valence-corrected chi connectivity index (χ1v) is 12.7. The molecule has 7 nitrogen and oxygen atoms in total. The van der Waals surface area contributed by atoms with Crippen molar-refractivity contribution in [3.8, 4) is 0 Å². The molecule has 1 saturated heterocycles. The highest BCUT2D eigenvalue weighted by Crippen LogP contribution is 2.22. The third kappa shape index (κ3) is 5.46. The summed E-state index contributed by atoms with van der Waals surface area (Å²) in [5.41, 5.74) is 3.41. The van der Waals surface area contributed by atoms with Gasteiger partial charge >= 0.3 is 0 Å². The number of nitrogens with one attached hydrogen (secondary N) is 2. The molecule has 0 aromatic heterocycles. The quantitative estimate of drug-likeness (QED) is 0.532. The molecule has 8 heteroatoms. The number of nitrogens with zero attached hydrogens (tertiary/aromatic N) is 1. The Balaban J connectivity index is 1.39. The second-order valence-corrected chi connectivity index (χ2v) is 9.98. The molecule has 4 rings (SSSR count). The molecule has 3 aromatic rings. The average Bonchev–Trinajstić information content (AvgIpc) is 2.84. The van der Waals surface area contributed by atoms with E-state index < -0.39 is 10.0 Å². The van der Waals surface area contributed by atoms with Crippen LogP contribution in [0.5, 0.6) is 0 Å².